The molecule has 0 saturated heterocycles. The number of carbonyl (C=O) groups excluding carboxylic acids is 1. The van der Waals surface area contributed by atoms with Gasteiger partial charge in [0.25, 0.3) is 5.91 Å². The van der Waals surface area contributed by atoms with Crippen molar-refractivity contribution in [3.05, 3.63) is 41.1 Å². The quantitative estimate of drug-likeness (QED) is 0.872. The van der Waals surface area contributed by atoms with Crippen LogP contribution in [0.25, 0.3) is 0 Å². The van der Waals surface area contributed by atoms with Gasteiger partial charge in [-0.2, -0.15) is 5.10 Å². The van der Waals surface area contributed by atoms with E-state index in [1.165, 1.54) is 11.8 Å². The number of rotatable bonds is 6. The Kier molecular flexibility index (Phi) is 4.78. The second-order valence-corrected chi connectivity index (χ2v) is 5.51. The summed E-state index contributed by atoms with van der Waals surface area (Å²) in [5, 5.41) is 7.46. The number of nitrogens with zero attached hydrogens (tertiary/aromatic N) is 2. The van der Waals surface area contributed by atoms with Crippen molar-refractivity contribution in [2.24, 2.45) is 0 Å². The average Bonchev–Trinajstić information content (AvgIpc) is 3.16. The number of aryl methyl sites for hydroxylation is 1. The van der Waals surface area contributed by atoms with E-state index in [1.807, 2.05) is 10.9 Å². The van der Waals surface area contributed by atoms with Crippen LogP contribution in [0.5, 0.6) is 0 Å². The highest BCUT2D eigenvalue weighted by atomic mass is 16.5. The Bertz CT molecular complexity index is 677. The van der Waals surface area contributed by atoms with Gasteiger partial charge in [-0.05, 0) is 25.0 Å². The fourth-order valence-corrected chi connectivity index (χ4v) is 2.69. The van der Waals surface area contributed by atoms with Gasteiger partial charge in [-0.15, -0.1) is 0 Å². The summed E-state index contributed by atoms with van der Waals surface area (Å²) in [5.74, 6) is 0.447. The molecule has 0 aromatic carbocycles. The van der Waals surface area contributed by atoms with E-state index in [2.05, 4.69) is 10.4 Å². The number of nitrogens with one attached hydrogen (secondary N) is 1. The van der Waals surface area contributed by atoms with Crippen molar-refractivity contribution in [1.82, 2.24) is 15.1 Å². The van der Waals surface area contributed by atoms with Crippen molar-refractivity contribution in [2.75, 3.05) is 26.9 Å². The highest BCUT2D eigenvalue weighted by Gasteiger charge is 2.25. The number of hydrogen-bond acceptors (Lipinski definition) is 5. The second-order valence-electron chi connectivity index (χ2n) is 5.51. The monoisotopic (exact) mass is 319 g/mol. The number of hydrogen-bond donors (Lipinski definition) is 1. The molecule has 1 amide bonds. The first kappa shape index (κ1) is 15.8. The average molecular weight is 319 g/mol. The number of amides is 1. The summed E-state index contributed by atoms with van der Waals surface area (Å²) in [6.07, 6.45) is 4.16. The molecule has 2 aromatic rings. The largest absolute Gasteiger partial charge is 0.469 e. The molecule has 0 spiro atoms. The first-order valence-electron chi connectivity index (χ1n) is 7.68. The SMILES string of the molecule is COCCn1cc2c(n1)[C@@H](CNC(=O)c1ccoc1C)OCC2. The maximum atomic E-state index is 12.2. The lowest BCUT2D eigenvalue weighted by atomic mass is 10.1. The molecule has 0 fully saturated rings. The van der Waals surface area contributed by atoms with Crippen LogP contribution < -0.4 is 5.32 Å². The molecule has 23 heavy (non-hydrogen) atoms. The number of methoxy groups -OCH3 is 1. The van der Waals surface area contributed by atoms with Gasteiger partial charge in [0.2, 0.25) is 0 Å². The van der Waals surface area contributed by atoms with E-state index >= 15 is 0 Å². The Hall–Kier alpha value is -2.12. The van der Waals surface area contributed by atoms with Crippen LogP contribution in [0.1, 0.15) is 33.5 Å². The molecule has 1 aliphatic rings. The lowest BCUT2D eigenvalue weighted by Crippen LogP contribution is -2.32. The van der Waals surface area contributed by atoms with Crippen molar-refractivity contribution in [1.29, 1.82) is 0 Å². The smallest absolute Gasteiger partial charge is 0.254 e. The second kappa shape index (κ2) is 6.97. The maximum Gasteiger partial charge on any atom is 0.254 e. The predicted molar refractivity (Wildman–Crippen MR) is 82.3 cm³/mol. The molecule has 1 N–H and O–H groups in total. The van der Waals surface area contributed by atoms with Crippen molar-refractivity contribution in [2.45, 2.75) is 26.0 Å². The van der Waals surface area contributed by atoms with Gasteiger partial charge < -0.3 is 19.2 Å². The Balaban J connectivity index is 1.65. The van der Waals surface area contributed by atoms with Crippen LogP contribution in [0.15, 0.2) is 22.9 Å². The number of aromatic nitrogens is 2. The summed E-state index contributed by atoms with van der Waals surface area (Å²) >= 11 is 0. The van der Waals surface area contributed by atoms with Crippen LogP contribution in [-0.4, -0.2) is 42.6 Å². The van der Waals surface area contributed by atoms with Gasteiger partial charge in [0.05, 0.1) is 37.3 Å². The minimum Gasteiger partial charge on any atom is -0.469 e. The predicted octanol–water partition coefficient (Wildman–Crippen LogP) is 1.47. The molecule has 1 aliphatic heterocycles. The Morgan fingerprint density at radius 3 is 3.17 bits per heavy atom. The van der Waals surface area contributed by atoms with Gasteiger partial charge in [0.15, 0.2) is 0 Å². The summed E-state index contributed by atoms with van der Waals surface area (Å²) in [4.78, 5) is 12.2. The van der Waals surface area contributed by atoms with E-state index in [0.717, 1.165) is 12.1 Å². The molecule has 7 nitrogen and oxygen atoms in total. The number of fused-ring (bicyclic) bond motifs is 1. The van der Waals surface area contributed by atoms with Crippen molar-refractivity contribution in [3.8, 4) is 0 Å². The number of furan rings is 1. The Morgan fingerprint density at radius 1 is 1.57 bits per heavy atom. The fourth-order valence-electron chi connectivity index (χ4n) is 2.69. The highest BCUT2D eigenvalue weighted by Crippen LogP contribution is 2.25. The minimum atomic E-state index is -0.223. The third kappa shape index (κ3) is 3.46. The molecule has 3 rings (SSSR count). The van der Waals surface area contributed by atoms with Crippen molar-refractivity contribution >= 4 is 5.91 Å². The van der Waals surface area contributed by atoms with E-state index in [4.69, 9.17) is 13.9 Å². The Morgan fingerprint density at radius 2 is 2.43 bits per heavy atom. The van der Waals surface area contributed by atoms with Gasteiger partial charge in [-0.25, -0.2) is 0 Å². The zero-order valence-corrected chi connectivity index (χ0v) is 13.4. The van der Waals surface area contributed by atoms with Gasteiger partial charge >= 0.3 is 0 Å². The number of carbonyl (C=O) groups is 1. The molecule has 0 aliphatic carbocycles. The fraction of sp³-hybridized carbons (Fsp3) is 0.500. The summed E-state index contributed by atoms with van der Waals surface area (Å²) < 4.78 is 17.9. The van der Waals surface area contributed by atoms with E-state index < -0.39 is 0 Å². The summed E-state index contributed by atoms with van der Waals surface area (Å²) in [6, 6.07) is 1.66. The van der Waals surface area contributed by atoms with Crippen LogP contribution in [0, 0.1) is 6.92 Å². The van der Waals surface area contributed by atoms with Crippen molar-refractivity contribution < 1.29 is 18.7 Å². The van der Waals surface area contributed by atoms with Gasteiger partial charge in [-0.3, -0.25) is 9.48 Å². The van der Waals surface area contributed by atoms with Crippen molar-refractivity contribution in [3.63, 3.8) is 0 Å². The van der Waals surface area contributed by atoms with E-state index in [0.29, 0.717) is 37.6 Å². The van der Waals surface area contributed by atoms with Crippen LogP contribution in [0.2, 0.25) is 0 Å². The zero-order valence-electron chi connectivity index (χ0n) is 13.4. The molecule has 2 aromatic heterocycles. The third-order valence-electron chi connectivity index (χ3n) is 3.94. The molecule has 0 unspecified atom stereocenters. The summed E-state index contributed by atoms with van der Waals surface area (Å²) in [5.41, 5.74) is 2.62. The lowest BCUT2D eigenvalue weighted by Gasteiger charge is -2.22. The summed E-state index contributed by atoms with van der Waals surface area (Å²) in [7, 11) is 1.67. The molecule has 124 valence electrons. The summed E-state index contributed by atoms with van der Waals surface area (Å²) in [6.45, 7) is 4.10. The van der Waals surface area contributed by atoms with E-state index in [-0.39, 0.29) is 12.0 Å². The standard InChI is InChI=1S/C16H21N3O4/c1-11-13(4-7-22-11)16(20)17-9-14-15-12(3-6-23-14)10-19(18-15)5-8-21-2/h4,7,10,14H,3,5-6,8-9H2,1-2H3,(H,17,20)/t14-/m1/s1. The molecule has 7 heteroatoms. The minimum absolute atomic E-state index is 0.161. The maximum absolute atomic E-state index is 12.2. The van der Waals surface area contributed by atoms with Gasteiger partial charge in [-0.1, -0.05) is 0 Å². The van der Waals surface area contributed by atoms with E-state index in [1.54, 1.807) is 20.1 Å². The molecule has 1 atom stereocenters. The van der Waals surface area contributed by atoms with Gasteiger partial charge in [0, 0.05) is 19.9 Å². The number of ether oxygens (including phenoxy) is 2. The molecule has 0 radical (unpaired) electrons. The zero-order chi connectivity index (χ0) is 16.2. The van der Waals surface area contributed by atoms with Crippen LogP contribution >= 0.6 is 0 Å². The molecule has 3 heterocycles. The highest BCUT2D eigenvalue weighted by molar-refractivity contribution is 5.95. The lowest BCUT2D eigenvalue weighted by molar-refractivity contribution is 0.0382. The normalized spacial score (nSPS) is 17.0. The van der Waals surface area contributed by atoms with Gasteiger partial charge in [0.1, 0.15) is 11.9 Å². The molecule has 0 saturated carbocycles. The first-order valence-corrected chi connectivity index (χ1v) is 7.68. The molecular weight excluding hydrogens is 298 g/mol. The first-order chi connectivity index (χ1) is 11.2. The van der Waals surface area contributed by atoms with Crippen LogP contribution in [0.3, 0.4) is 0 Å². The van der Waals surface area contributed by atoms with Crippen LogP contribution in [0.4, 0.5) is 0 Å². The molecular formula is C16H21N3O4. The van der Waals surface area contributed by atoms with Crippen LogP contribution in [-0.2, 0) is 22.4 Å². The molecule has 0 bridgehead atoms. The third-order valence-corrected chi connectivity index (χ3v) is 3.94. The van der Waals surface area contributed by atoms with E-state index in [9.17, 15) is 4.79 Å². The topological polar surface area (TPSA) is 78.5 Å². The Labute approximate surface area is 134 Å².